The molecule has 4 rings (SSSR count). The minimum Gasteiger partial charge on any atom is -0.496 e. The summed E-state index contributed by atoms with van der Waals surface area (Å²) in [5.41, 5.74) is 5.05. The van der Waals surface area contributed by atoms with Gasteiger partial charge in [-0.05, 0) is 26.1 Å². The molecule has 1 unspecified atom stereocenters. The number of methoxy groups -OCH3 is 1. The molecule has 136 valence electrons. The van der Waals surface area contributed by atoms with Gasteiger partial charge in [0.15, 0.2) is 0 Å². The van der Waals surface area contributed by atoms with E-state index in [1.165, 1.54) is 27.7 Å². The van der Waals surface area contributed by atoms with Crippen molar-refractivity contribution < 1.29 is 4.74 Å². The van der Waals surface area contributed by atoms with Crippen molar-refractivity contribution in [2.24, 2.45) is 0 Å². The zero-order chi connectivity index (χ0) is 18.1. The fraction of sp³-hybridized carbons (Fsp3) is 0.364. The number of piperazine rings is 1. The molecule has 4 heteroatoms. The second kappa shape index (κ2) is 7.14. The third-order valence-electron chi connectivity index (χ3n) is 5.55. The fourth-order valence-electron chi connectivity index (χ4n) is 4.16. The molecule has 26 heavy (non-hydrogen) atoms. The number of rotatable bonds is 4. The number of benzene rings is 2. The van der Waals surface area contributed by atoms with E-state index in [1.807, 2.05) is 6.07 Å². The van der Waals surface area contributed by atoms with Crippen molar-refractivity contribution in [3.05, 3.63) is 65.4 Å². The number of nitrogens with one attached hydrogen (secondary N) is 1. The Balaban J connectivity index is 1.89. The van der Waals surface area contributed by atoms with Gasteiger partial charge in [-0.1, -0.05) is 36.4 Å². The summed E-state index contributed by atoms with van der Waals surface area (Å²) in [6.07, 6.45) is 0. The summed E-state index contributed by atoms with van der Waals surface area (Å²) in [7, 11) is 3.97. The van der Waals surface area contributed by atoms with Crippen LogP contribution in [0.15, 0.2) is 48.5 Å². The molecule has 3 aromatic rings. The van der Waals surface area contributed by atoms with Gasteiger partial charge in [0.25, 0.3) is 0 Å². The monoisotopic (exact) mass is 349 g/mol. The van der Waals surface area contributed by atoms with E-state index in [4.69, 9.17) is 4.74 Å². The van der Waals surface area contributed by atoms with Crippen molar-refractivity contribution in [3.63, 3.8) is 0 Å². The van der Waals surface area contributed by atoms with Crippen LogP contribution in [0.1, 0.15) is 22.9 Å². The molecule has 4 nitrogen and oxygen atoms in total. The average molecular weight is 349 g/mol. The first kappa shape index (κ1) is 17.1. The Labute approximate surface area is 155 Å². The van der Waals surface area contributed by atoms with Crippen LogP contribution in [0.25, 0.3) is 10.9 Å². The van der Waals surface area contributed by atoms with Crippen LogP contribution < -0.4 is 4.74 Å². The summed E-state index contributed by atoms with van der Waals surface area (Å²) < 4.78 is 5.74. The first-order valence-electron chi connectivity index (χ1n) is 9.31. The molecular weight excluding hydrogens is 322 g/mol. The molecule has 0 amide bonds. The first-order chi connectivity index (χ1) is 12.7. The predicted octanol–water partition coefficient (Wildman–Crippen LogP) is 3.82. The van der Waals surface area contributed by atoms with Crippen LogP contribution in [0.2, 0.25) is 0 Å². The number of H-pyrrole nitrogens is 1. The standard InChI is InChI=1S/C22H27N3O/c1-16-21(17-8-4-6-10-19(17)23-16)22(25-14-12-24(2)13-15-25)18-9-5-7-11-20(18)26-3/h4-11,22-23H,12-15H2,1-3H3. The summed E-state index contributed by atoms with van der Waals surface area (Å²) >= 11 is 0. The number of hydrogen-bond acceptors (Lipinski definition) is 3. The molecule has 2 aromatic carbocycles. The van der Waals surface area contributed by atoms with Crippen LogP contribution in [0.4, 0.5) is 0 Å². The third-order valence-corrected chi connectivity index (χ3v) is 5.55. The molecule has 0 saturated carbocycles. The smallest absolute Gasteiger partial charge is 0.123 e. The lowest BCUT2D eigenvalue weighted by atomic mass is 9.93. The average Bonchev–Trinajstić information content (AvgIpc) is 3.00. The zero-order valence-corrected chi connectivity index (χ0v) is 15.8. The second-order valence-electron chi connectivity index (χ2n) is 7.19. The van der Waals surface area contributed by atoms with Gasteiger partial charge in [0.05, 0.1) is 13.2 Å². The number of hydrogen-bond donors (Lipinski definition) is 1. The molecule has 1 aliphatic rings. The van der Waals surface area contributed by atoms with Crippen molar-refractivity contribution in [3.8, 4) is 5.75 Å². The first-order valence-corrected chi connectivity index (χ1v) is 9.31. The van der Waals surface area contributed by atoms with Crippen LogP contribution in [-0.2, 0) is 0 Å². The highest BCUT2D eigenvalue weighted by atomic mass is 16.5. The van der Waals surface area contributed by atoms with Gasteiger partial charge < -0.3 is 14.6 Å². The van der Waals surface area contributed by atoms with Gasteiger partial charge in [-0.25, -0.2) is 0 Å². The van der Waals surface area contributed by atoms with Crippen LogP contribution in [-0.4, -0.2) is 55.1 Å². The van der Waals surface area contributed by atoms with E-state index in [0.717, 1.165) is 31.9 Å². The van der Waals surface area contributed by atoms with Gasteiger partial charge in [-0.2, -0.15) is 0 Å². The molecule has 0 spiro atoms. The van der Waals surface area contributed by atoms with Gasteiger partial charge in [0.2, 0.25) is 0 Å². The zero-order valence-electron chi connectivity index (χ0n) is 15.8. The summed E-state index contributed by atoms with van der Waals surface area (Å²) in [5, 5.41) is 1.31. The minimum atomic E-state index is 0.191. The van der Waals surface area contributed by atoms with E-state index in [9.17, 15) is 0 Å². The number of likely N-dealkylation sites (N-methyl/N-ethyl adjacent to an activating group) is 1. The van der Waals surface area contributed by atoms with Crippen LogP contribution in [0, 0.1) is 6.92 Å². The molecule has 2 heterocycles. The maximum Gasteiger partial charge on any atom is 0.123 e. The second-order valence-corrected chi connectivity index (χ2v) is 7.19. The van der Waals surface area contributed by atoms with Crippen LogP contribution in [0.3, 0.4) is 0 Å². The molecule has 1 aliphatic heterocycles. The maximum atomic E-state index is 5.74. The summed E-state index contributed by atoms with van der Waals surface area (Å²) in [6, 6.07) is 17.2. The number of ether oxygens (including phenoxy) is 1. The lowest BCUT2D eigenvalue weighted by Gasteiger charge is -2.39. The number of aromatic nitrogens is 1. The summed E-state index contributed by atoms with van der Waals surface area (Å²) in [5.74, 6) is 0.959. The van der Waals surface area contributed by atoms with E-state index in [2.05, 4.69) is 71.2 Å². The Hall–Kier alpha value is -2.30. The number of aromatic amines is 1. The Kier molecular flexibility index (Phi) is 4.70. The Morgan fingerprint density at radius 3 is 2.42 bits per heavy atom. The van der Waals surface area contributed by atoms with Crippen molar-refractivity contribution >= 4 is 10.9 Å². The molecule has 1 saturated heterocycles. The highest BCUT2D eigenvalue weighted by molar-refractivity contribution is 5.85. The van der Waals surface area contributed by atoms with E-state index in [1.54, 1.807) is 7.11 Å². The van der Waals surface area contributed by atoms with E-state index in [-0.39, 0.29) is 6.04 Å². The Morgan fingerprint density at radius 2 is 1.65 bits per heavy atom. The summed E-state index contributed by atoms with van der Waals surface area (Å²) in [4.78, 5) is 8.58. The largest absolute Gasteiger partial charge is 0.496 e. The topological polar surface area (TPSA) is 31.5 Å². The molecule has 1 atom stereocenters. The quantitative estimate of drug-likeness (QED) is 0.777. The van der Waals surface area contributed by atoms with Gasteiger partial charge in [-0.3, -0.25) is 4.90 Å². The van der Waals surface area contributed by atoms with Crippen molar-refractivity contribution in [2.75, 3.05) is 40.3 Å². The van der Waals surface area contributed by atoms with Crippen molar-refractivity contribution in [1.29, 1.82) is 0 Å². The van der Waals surface area contributed by atoms with Gasteiger partial charge in [0, 0.05) is 53.9 Å². The van der Waals surface area contributed by atoms with Crippen molar-refractivity contribution in [2.45, 2.75) is 13.0 Å². The van der Waals surface area contributed by atoms with Gasteiger partial charge >= 0.3 is 0 Å². The SMILES string of the molecule is COc1ccccc1C(c1c(C)[nH]c2ccccc12)N1CCN(C)CC1. The molecule has 1 N–H and O–H groups in total. The predicted molar refractivity (Wildman–Crippen MR) is 107 cm³/mol. The molecular formula is C22H27N3O. The molecule has 1 aromatic heterocycles. The Bertz CT molecular complexity index is 893. The van der Waals surface area contributed by atoms with E-state index in [0.29, 0.717) is 0 Å². The molecule has 0 bridgehead atoms. The summed E-state index contributed by atoms with van der Waals surface area (Å²) in [6.45, 7) is 6.48. The highest BCUT2D eigenvalue weighted by Gasteiger charge is 2.30. The highest BCUT2D eigenvalue weighted by Crippen LogP contribution is 2.40. The number of nitrogens with zero attached hydrogens (tertiary/aromatic N) is 2. The fourth-order valence-corrected chi connectivity index (χ4v) is 4.16. The number of para-hydroxylation sites is 2. The van der Waals surface area contributed by atoms with Gasteiger partial charge in [0.1, 0.15) is 5.75 Å². The molecule has 1 fully saturated rings. The maximum absolute atomic E-state index is 5.74. The third kappa shape index (κ3) is 3.00. The van der Waals surface area contributed by atoms with Gasteiger partial charge in [-0.15, -0.1) is 0 Å². The van der Waals surface area contributed by atoms with Crippen LogP contribution >= 0.6 is 0 Å². The number of aryl methyl sites for hydroxylation is 1. The van der Waals surface area contributed by atoms with Crippen molar-refractivity contribution in [1.82, 2.24) is 14.8 Å². The van der Waals surface area contributed by atoms with Crippen LogP contribution in [0.5, 0.6) is 5.75 Å². The number of fused-ring (bicyclic) bond motifs is 1. The molecule has 0 aliphatic carbocycles. The normalized spacial score (nSPS) is 17.5. The Morgan fingerprint density at radius 1 is 0.962 bits per heavy atom. The lowest BCUT2D eigenvalue weighted by molar-refractivity contribution is 0.126. The van der Waals surface area contributed by atoms with E-state index >= 15 is 0 Å². The molecule has 0 radical (unpaired) electrons. The lowest BCUT2D eigenvalue weighted by Crippen LogP contribution is -2.46. The van der Waals surface area contributed by atoms with E-state index < -0.39 is 0 Å². The minimum absolute atomic E-state index is 0.191.